The van der Waals surface area contributed by atoms with Crippen LogP contribution in [0.25, 0.3) is 10.2 Å². The van der Waals surface area contributed by atoms with Crippen molar-refractivity contribution >= 4 is 45.0 Å². The van der Waals surface area contributed by atoms with Crippen LogP contribution in [0.1, 0.15) is 44.1 Å². The van der Waals surface area contributed by atoms with E-state index < -0.39 is 0 Å². The van der Waals surface area contributed by atoms with E-state index in [2.05, 4.69) is 34.7 Å². The predicted octanol–water partition coefficient (Wildman–Crippen LogP) is 3.51. The predicted molar refractivity (Wildman–Crippen MR) is 98.4 cm³/mol. The number of anilines is 1. The lowest BCUT2D eigenvalue weighted by atomic mass is 9.90. The van der Waals surface area contributed by atoms with Gasteiger partial charge in [-0.05, 0) is 25.2 Å². The molecule has 2 aromatic heterocycles. The minimum Gasteiger partial charge on any atom is -0.369 e. The maximum absolute atomic E-state index is 11.6. The number of carbonyl (C=O) groups excluding carboxylic acids is 1. The van der Waals surface area contributed by atoms with Crippen LogP contribution in [-0.4, -0.2) is 27.7 Å². The number of hydrogen-bond acceptors (Lipinski definition) is 7. The van der Waals surface area contributed by atoms with E-state index in [-0.39, 0.29) is 11.5 Å². The summed E-state index contributed by atoms with van der Waals surface area (Å²) in [5.41, 5.74) is 6.78. The van der Waals surface area contributed by atoms with Gasteiger partial charge in [-0.2, -0.15) is 0 Å². The summed E-state index contributed by atoms with van der Waals surface area (Å²) in [6, 6.07) is 0. The van der Waals surface area contributed by atoms with Crippen molar-refractivity contribution in [3.8, 4) is 0 Å². The zero-order valence-electron chi connectivity index (χ0n) is 14.4. The first-order valence-electron chi connectivity index (χ1n) is 8.04. The highest BCUT2D eigenvalue weighted by Crippen LogP contribution is 2.42. The van der Waals surface area contributed by atoms with E-state index in [4.69, 9.17) is 4.74 Å². The first kappa shape index (κ1) is 17.4. The lowest BCUT2D eigenvalue weighted by Gasteiger charge is -2.33. The average Bonchev–Trinajstić information content (AvgIpc) is 2.96. The summed E-state index contributed by atoms with van der Waals surface area (Å²) in [5.74, 6) is 0.599. The SMILES string of the molecule is CCC(=O)NNc1nc(SC)nc2sc3c(c12)C[C@@](C)(CC)OC3. The number of hydrazine groups is 1. The molecule has 0 fully saturated rings. The number of thiophene rings is 1. The molecule has 2 N–H and O–H groups in total. The molecule has 1 atom stereocenters. The molecule has 3 rings (SSSR count). The van der Waals surface area contributed by atoms with E-state index in [9.17, 15) is 4.79 Å². The lowest BCUT2D eigenvalue weighted by Crippen LogP contribution is -2.34. The van der Waals surface area contributed by atoms with E-state index in [0.29, 0.717) is 24.0 Å². The van der Waals surface area contributed by atoms with Crippen LogP contribution in [0.3, 0.4) is 0 Å². The van der Waals surface area contributed by atoms with Gasteiger partial charge in [-0.1, -0.05) is 25.6 Å². The number of amides is 1. The van der Waals surface area contributed by atoms with Gasteiger partial charge in [0.15, 0.2) is 11.0 Å². The van der Waals surface area contributed by atoms with E-state index in [1.54, 1.807) is 11.3 Å². The van der Waals surface area contributed by atoms with Crippen molar-refractivity contribution in [2.75, 3.05) is 11.7 Å². The average molecular weight is 367 g/mol. The third kappa shape index (κ3) is 3.22. The Hall–Kier alpha value is -1.38. The molecular formula is C16H22N4O2S2. The van der Waals surface area contributed by atoms with Crippen LogP contribution in [0.5, 0.6) is 0 Å². The molecular weight excluding hydrogens is 344 g/mol. The number of fused-ring (bicyclic) bond motifs is 3. The second kappa shape index (κ2) is 6.85. The van der Waals surface area contributed by atoms with Crippen molar-refractivity contribution in [2.24, 2.45) is 0 Å². The Morgan fingerprint density at radius 2 is 2.21 bits per heavy atom. The number of nitrogens with zero attached hydrogens (tertiary/aromatic N) is 2. The van der Waals surface area contributed by atoms with Crippen LogP contribution in [0.4, 0.5) is 5.82 Å². The summed E-state index contributed by atoms with van der Waals surface area (Å²) in [6.07, 6.45) is 4.14. The summed E-state index contributed by atoms with van der Waals surface area (Å²) in [7, 11) is 0. The van der Waals surface area contributed by atoms with Gasteiger partial charge in [0.05, 0.1) is 17.6 Å². The molecule has 130 valence electrons. The number of rotatable bonds is 5. The quantitative estimate of drug-likeness (QED) is 0.479. The number of thioether (sulfide) groups is 1. The van der Waals surface area contributed by atoms with Gasteiger partial charge in [-0.25, -0.2) is 9.97 Å². The maximum Gasteiger partial charge on any atom is 0.238 e. The smallest absolute Gasteiger partial charge is 0.238 e. The molecule has 0 aromatic carbocycles. The van der Waals surface area contributed by atoms with Gasteiger partial charge in [0.2, 0.25) is 5.91 Å². The molecule has 3 heterocycles. The van der Waals surface area contributed by atoms with E-state index in [0.717, 1.165) is 23.1 Å². The van der Waals surface area contributed by atoms with Crippen LogP contribution in [-0.2, 0) is 22.6 Å². The zero-order chi connectivity index (χ0) is 17.3. The Labute approximate surface area is 149 Å². The van der Waals surface area contributed by atoms with Crippen molar-refractivity contribution in [2.45, 2.75) is 57.4 Å². The molecule has 8 heteroatoms. The van der Waals surface area contributed by atoms with Crippen molar-refractivity contribution in [1.82, 2.24) is 15.4 Å². The molecule has 1 amide bonds. The maximum atomic E-state index is 11.6. The van der Waals surface area contributed by atoms with E-state index >= 15 is 0 Å². The highest BCUT2D eigenvalue weighted by atomic mass is 32.2. The van der Waals surface area contributed by atoms with Crippen molar-refractivity contribution < 1.29 is 9.53 Å². The molecule has 1 aliphatic rings. The summed E-state index contributed by atoms with van der Waals surface area (Å²) in [4.78, 5) is 23.0. The monoisotopic (exact) mass is 366 g/mol. The van der Waals surface area contributed by atoms with Crippen LogP contribution < -0.4 is 10.9 Å². The Kier molecular flexibility index (Phi) is 4.98. The highest BCUT2D eigenvalue weighted by Gasteiger charge is 2.33. The molecule has 0 bridgehead atoms. The first-order chi connectivity index (χ1) is 11.5. The largest absolute Gasteiger partial charge is 0.369 e. The summed E-state index contributed by atoms with van der Waals surface area (Å²) in [6.45, 7) is 6.71. The molecule has 2 aromatic rings. The van der Waals surface area contributed by atoms with Gasteiger partial charge in [0.25, 0.3) is 0 Å². The van der Waals surface area contributed by atoms with Gasteiger partial charge in [0, 0.05) is 17.7 Å². The van der Waals surface area contributed by atoms with Gasteiger partial charge < -0.3 is 4.74 Å². The molecule has 0 spiro atoms. The molecule has 0 aliphatic carbocycles. The van der Waals surface area contributed by atoms with Crippen LogP contribution >= 0.6 is 23.1 Å². The minimum atomic E-state index is -0.164. The molecule has 0 saturated heterocycles. The number of nitrogens with one attached hydrogen (secondary N) is 2. The van der Waals surface area contributed by atoms with E-state index in [1.807, 2.05) is 13.2 Å². The molecule has 6 nitrogen and oxygen atoms in total. The molecule has 1 aliphatic heterocycles. The molecule has 0 radical (unpaired) electrons. The normalized spacial score (nSPS) is 20.0. The second-order valence-corrected chi connectivity index (χ2v) is 7.90. The molecule has 0 saturated carbocycles. The second-order valence-electron chi connectivity index (χ2n) is 6.04. The Morgan fingerprint density at radius 3 is 2.88 bits per heavy atom. The standard InChI is InChI=1S/C16H22N4O2S2/c1-5-11(21)19-20-13-12-9-7-16(3,6-2)22-8-10(9)24-14(12)18-15(17-13)23-4/h5-8H2,1-4H3,(H,19,21)(H,17,18,20)/t16-/m1/s1. The van der Waals surface area contributed by atoms with E-state index in [1.165, 1.54) is 22.2 Å². The minimum absolute atomic E-state index is 0.0710. The topological polar surface area (TPSA) is 76.1 Å². The van der Waals surface area contributed by atoms with Crippen LogP contribution in [0.2, 0.25) is 0 Å². The highest BCUT2D eigenvalue weighted by molar-refractivity contribution is 7.98. The third-order valence-corrected chi connectivity index (χ3v) is 6.04. The van der Waals surface area contributed by atoms with Crippen LogP contribution in [0, 0.1) is 0 Å². The number of carbonyl (C=O) groups is 1. The lowest BCUT2D eigenvalue weighted by molar-refractivity contribution is -0.120. The van der Waals surface area contributed by atoms with Crippen molar-refractivity contribution in [3.63, 3.8) is 0 Å². The Morgan fingerprint density at radius 1 is 1.42 bits per heavy atom. The Bertz CT molecular complexity index is 777. The number of aromatic nitrogens is 2. The zero-order valence-corrected chi connectivity index (χ0v) is 16.0. The van der Waals surface area contributed by atoms with Crippen LogP contribution in [0.15, 0.2) is 5.16 Å². The molecule has 24 heavy (non-hydrogen) atoms. The first-order valence-corrected chi connectivity index (χ1v) is 10.1. The third-order valence-electron chi connectivity index (χ3n) is 4.39. The van der Waals surface area contributed by atoms with Gasteiger partial charge in [-0.3, -0.25) is 15.6 Å². The summed E-state index contributed by atoms with van der Waals surface area (Å²) in [5, 5.41) is 1.70. The van der Waals surface area contributed by atoms with Crippen molar-refractivity contribution in [1.29, 1.82) is 0 Å². The fourth-order valence-corrected chi connectivity index (χ4v) is 4.20. The number of hydrogen-bond donors (Lipinski definition) is 2. The van der Waals surface area contributed by atoms with Gasteiger partial charge in [0.1, 0.15) is 4.83 Å². The van der Waals surface area contributed by atoms with Crippen molar-refractivity contribution in [3.05, 3.63) is 10.4 Å². The summed E-state index contributed by atoms with van der Waals surface area (Å²) >= 11 is 3.14. The summed E-state index contributed by atoms with van der Waals surface area (Å²) < 4.78 is 6.05. The molecule has 0 unspecified atom stereocenters. The Balaban J connectivity index is 2.08. The number of ether oxygens (including phenoxy) is 1. The van der Waals surface area contributed by atoms with Gasteiger partial charge in [-0.15, -0.1) is 11.3 Å². The fourth-order valence-electron chi connectivity index (χ4n) is 2.68. The fraction of sp³-hybridized carbons (Fsp3) is 0.562. The van der Waals surface area contributed by atoms with Gasteiger partial charge >= 0.3 is 0 Å².